The van der Waals surface area contributed by atoms with Crippen LogP contribution in [0.25, 0.3) is 11.1 Å². The number of anilines is 3. The summed E-state index contributed by atoms with van der Waals surface area (Å²) in [5, 5.41) is 0. The maximum atomic E-state index is 12.2. The van der Waals surface area contributed by atoms with E-state index >= 15 is 0 Å². The molecule has 0 N–H and O–H groups in total. The van der Waals surface area contributed by atoms with Gasteiger partial charge in [0.25, 0.3) is 0 Å². The van der Waals surface area contributed by atoms with Gasteiger partial charge < -0.3 is 4.90 Å². The van der Waals surface area contributed by atoms with Crippen molar-refractivity contribution in [2.75, 3.05) is 4.90 Å². The molecule has 0 aliphatic heterocycles. The fraction of sp³-hybridized carbons (Fsp3) is 0.432. The molecule has 0 amide bonds. The van der Waals surface area contributed by atoms with Crippen LogP contribution in [0.15, 0.2) is 97.1 Å². The van der Waals surface area contributed by atoms with Crippen LogP contribution in [-0.2, 0) is 5.41 Å². The lowest BCUT2D eigenvalue weighted by molar-refractivity contribution is 0.112. The van der Waals surface area contributed by atoms with E-state index in [0.717, 1.165) is 48.9 Å². The van der Waals surface area contributed by atoms with Crippen molar-refractivity contribution < 1.29 is 4.79 Å². The molecule has 2 nitrogen and oxygen atoms in total. The monoisotopic (exact) mass is 613 g/mol. The van der Waals surface area contributed by atoms with Gasteiger partial charge in [-0.3, -0.25) is 4.79 Å². The molecule has 2 atom stereocenters. The highest BCUT2D eigenvalue weighted by molar-refractivity contribution is 5.88. The standard InChI is InChI=1S/C44H55NO/c1-32(29-42(3,4)5)23-25-44(26-24-33(2)30-43(6,7)8)40-27-34(31-46)19-21-38(40)39-22-20-37(28-41(39)44)45(35-15-11-9-12-16-35)36-17-13-10-14-18-36/h9-22,27-28,31-33H,23-26,29-30H2,1-8H3. The first kappa shape index (κ1) is 33.7. The van der Waals surface area contributed by atoms with Crippen molar-refractivity contribution in [3.63, 3.8) is 0 Å². The minimum absolute atomic E-state index is 0.156. The van der Waals surface area contributed by atoms with Gasteiger partial charge in [-0.2, -0.15) is 0 Å². The number of para-hydroxylation sites is 2. The van der Waals surface area contributed by atoms with Gasteiger partial charge in [0.15, 0.2) is 0 Å². The summed E-state index contributed by atoms with van der Waals surface area (Å²) in [7, 11) is 0. The summed E-state index contributed by atoms with van der Waals surface area (Å²) in [4.78, 5) is 14.6. The van der Waals surface area contributed by atoms with Crippen LogP contribution >= 0.6 is 0 Å². The molecule has 242 valence electrons. The molecule has 0 saturated heterocycles. The van der Waals surface area contributed by atoms with Crippen molar-refractivity contribution in [2.45, 2.75) is 99.3 Å². The third-order valence-electron chi connectivity index (χ3n) is 9.84. The fourth-order valence-corrected chi connectivity index (χ4v) is 8.26. The summed E-state index contributed by atoms with van der Waals surface area (Å²) < 4.78 is 0. The molecule has 4 aromatic carbocycles. The highest BCUT2D eigenvalue weighted by Crippen LogP contribution is 2.56. The van der Waals surface area contributed by atoms with E-state index in [0.29, 0.717) is 22.7 Å². The molecule has 0 spiro atoms. The summed E-state index contributed by atoms with van der Waals surface area (Å²) in [6.07, 6.45) is 7.89. The minimum Gasteiger partial charge on any atom is -0.310 e. The van der Waals surface area contributed by atoms with E-state index in [4.69, 9.17) is 0 Å². The van der Waals surface area contributed by atoms with E-state index in [1.54, 1.807) is 0 Å². The first-order valence-corrected chi connectivity index (χ1v) is 17.4. The first-order valence-electron chi connectivity index (χ1n) is 17.4. The molecule has 4 aromatic rings. The number of benzene rings is 4. The molecule has 0 radical (unpaired) electrons. The average Bonchev–Trinajstić information content (AvgIpc) is 3.27. The molecule has 0 bridgehead atoms. The zero-order valence-electron chi connectivity index (χ0n) is 29.6. The van der Waals surface area contributed by atoms with Crippen LogP contribution in [-0.4, -0.2) is 6.29 Å². The van der Waals surface area contributed by atoms with E-state index < -0.39 is 0 Å². The summed E-state index contributed by atoms with van der Waals surface area (Å²) in [5.74, 6) is 1.22. The van der Waals surface area contributed by atoms with Crippen LogP contribution < -0.4 is 4.90 Å². The van der Waals surface area contributed by atoms with Crippen molar-refractivity contribution in [3.8, 4) is 11.1 Å². The molecule has 2 heteroatoms. The lowest BCUT2D eigenvalue weighted by atomic mass is 9.68. The zero-order chi connectivity index (χ0) is 33.1. The molecule has 1 aliphatic rings. The second-order valence-electron chi connectivity index (χ2n) is 16.6. The molecule has 0 aromatic heterocycles. The molecule has 0 fully saturated rings. The Balaban J connectivity index is 1.68. The van der Waals surface area contributed by atoms with Crippen LogP contribution in [0.1, 0.15) is 115 Å². The number of fused-ring (bicyclic) bond motifs is 3. The van der Waals surface area contributed by atoms with Crippen LogP contribution in [0.4, 0.5) is 17.1 Å². The van der Waals surface area contributed by atoms with Gasteiger partial charge in [-0.15, -0.1) is 0 Å². The van der Waals surface area contributed by atoms with Gasteiger partial charge in [0.1, 0.15) is 6.29 Å². The maximum absolute atomic E-state index is 12.2. The number of rotatable bonds is 12. The van der Waals surface area contributed by atoms with Crippen LogP contribution in [0.5, 0.6) is 0 Å². The third kappa shape index (κ3) is 7.65. The van der Waals surface area contributed by atoms with Crippen molar-refractivity contribution in [3.05, 3.63) is 114 Å². The zero-order valence-corrected chi connectivity index (χ0v) is 29.6. The molecule has 1 aliphatic carbocycles. The number of hydrogen-bond donors (Lipinski definition) is 0. The van der Waals surface area contributed by atoms with Gasteiger partial charge in [-0.25, -0.2) is 0 Å². The largest absolute Gasteiger partial charge is 0.310 e. The SMILES string of the molecule is CC(CCC1(CCC(C)CC(C)(C)C)c2cc(C=O)ccc2-c2ccc(N(c3ccccc3)c3ccccc3)cc21)CC(C)(C)C. The van der Waals surface area contributed by atoms with E-state index in [1.807, 2.05) is 6.07 Å². The Labute approximate surface area is 279 Å². The van der Waals surface area contributed by atoms with Gasteiger partial charge in [-0.1, -0.05) is 110 Å². The van der Waals surface area contributed by atoms with Gasteiger partial charge in [0, 0.05) is 28.0 Å². The highest BCUT2D eigenvalue weighted by Gasteiger charge is 2.44. The van der Waals surface area contributed by atoms with Crippen molar-refractivity contribution in [1.29, 1.82) is 0 Å². The van der Waals surface area contributed by atoms with Crippen molar-refractivity contribution in [2.24, 2.45) is 22.7 Å². The van der Waals surface area contributed by atoms with Crippen LogP contribution in [0.3, 0.4) is 0 Å². The van der Waals surface area contributed by atoms with Gasteiger partial charge >= 0.3 is 0 Å². The summed E-state index contributed by atoms with van der Waals surface area (Å²) in [6.45, 7) is 19.0. The molecular weight excluding hydrogens is 558 g/mol. The van der Waals surface area contributed by atoms with Gasteiger partial charge in [0.2, 0.25) is 0 Å². The van der Waals surface area contributed by atoms with Gasteiger partial charge in [0.05, 0.1) is 0 Å². The van der Waals surface area contributed by atoms with E-state index in [-0.39, 0.29) is 5.41 Å². The molecule has 0 saturated carbocycles. The molecule has 0 heterocycles. The van der Waals surface area contributed by atoms with Gasteiger partial charge in [-0.05, 0) is 126 Å². The lowest BCUT2D eigenvalue weighted by Gasteiger charge is -2.36. The Morgan fingerprint density at radius 1 is 0.609 bits per heavy atom. The Morgan fingerprint density at radius 3 is 1.52 bits per heavy atom. The van der Waals surface area contributed by atoms with E-state index in [2.05, 4.69) is 151 Å². The average molecular weight is 614 g/mol. The third-order valence-corrected chi connectivity index (χ3v) is 9.84. The smallest absolute Gasteiger partial charge is 0.150 e. The van der Waals surface area contributed by atoms with Crippen LogP contribution in [0, 0.1) is 22.7 Å². The fourth-order valence-electron chi connectivity index (χ4n) is 8.26. The Kier molecular flexibility index (Phi) is 9.97. The summed E-state index contributed by atoms with van der Waals surface area (Å²) >= 11 is 0. The lowest BCUT2D eigenvalue weighted by Crippen LogP contribution is -2.28. The summed E-state index contributed by atoms with van der Waals surface area (Å²) in [5.41, 5.74) is 10.1. The molecular formula is C44H55NO. The number of nitrogens with zero attached hydrogens (tertiary/aromatic N) is 1. The molecule has 5 rings (SSSR count). The summed E-state index contributed by atoms with van der Waals surface area (Å²) in [6, 6.07) is 35.0. The van der Waals surface area contributed by atoms with E-state index in [9.17, 15) is 4.79 Å². The quantitative estimate of drug-likeness (QED) is 0.148. The number of carbonyl (C=O) groups excluding carboxylic acids is 1. The van der Waals surface area contributed by atoms with Crippen molar-refractivity contribution in [1.82, 2.24) is 0 Å². The van der Waals surface area contributed by atoms with Crippen LogP contribution in [0.2, 0.25) is 0 Å². The maximum Gasteiger partial charge on any atom is 0.150 e. The van der Waals surface area contributed by atoms with E-state index in [1.165, 1.54) is 40.8 Å². The normalized spacial score (nSPS) is 17.2. The topological polar surface area (TPSA) is 20.3 Å². The van der Waals surface area contributed by atoms with Crippen molar-refractivity contribution >= 4 is 23.3 Å². The Hall–Kier alpha value is -3.65. The Bertz CT molecular complexity index is 1540. The second kappa shape index (κ2) is 13.6. The molecule has 2 unspecified atom stereocenters. The Morgan fingerprint density at radius 2 is 1.07 bits per heavy atom. The predicted molar refractivity (Wildman–Crippen MR) is 198 cm³/mol. The number of aldehydes is 1. The predicted octanol–water partition coefficient (Wildman–Crippen LogP) is 12.9. The number of hydrogen-bond acceptors (Lipinski definition) is 2. The molecule has 46 heavy (non-hydrogen) atoms. The first-order chi connectivity index (χ1) is 21.8. The number of carbonyl (C=O) groups is 1. The second-order valence-corrected chi connectivity index (χ2v) is 16.6. The highest BCUT2D eigenvalue weighted by atomic mass is 16.1. The minimum atomic E-state index is -0.156.